The van der Waals surface area contributed by atoms with Gasteiger partial charge in [-0.15, -0.1) is 11.3 Å². The first-order valence-corrected chi connectivity index (χ1v) is 8.50. The van der Waals surface area contributed by atoms with Gasteiger partial charge in [-0.1, -0.05) is 11.2 Å². The Balaban J connectivity index is 1.59. The van der Waals surface area contributed by atoms with E-state index >= 15 is 0 Å². The molecule has 0 spiro atoms. The van der Waals surface area contributed by atoms with Crippen molar-refractivity contribution in [3.63, 3.8) is 0 Å². The predicted octanol–water partition coefficient (Wildman–Crippen LogP) is 2.75. The molecule has 1 N–H and O–H groups in total. The molecule has 1 unspecified atom stereocenters. The summed E-state index contributed by atoms with van der Waals surface area (Å²) in [6.07, 6.45) is 2.13. The third-order valence-corrected chi connectivity index (χ3v) is 5.02. The van der Waals surface area contributed by atoms with Crippen LogP contribution in [0.1, 0.15) is 39.5 Å². The summed E-state index contributed by atoms with van der Waals surface area (Å²) in [5, 5.41) is 9.09. The highest BCUT2D eigenvalue weighted by molar-refractivity contribution is 7.12. The predicted molar refractivity (Wildman–Crippen MR) is 86.1 cm³/mol. The van der Waals surface area contributed by atoms with Gasteiger partial charge in [0.2, 0.25) is 0 Å². The fourth-order valence-corrected chi connectivity index (χ4v) is 3.56. The molecule has 0 saturated carbocycles. The van der Waals surface area contributed by atoms with E-state index in [9.17, 15) is 4.79 Å². The molecule has 1 fully saturated rings. The number of aryl methyl sites for hydroxylation is 2. The van der Waals surface area contributed by atoms with Gasteiger partial charge in [0.25, 0.3) is 5.91 Å². The first-order valence-electron chi connectivity index (χ1n) is 7.62. The number of nitrogens with one attached hydrogen (secondary N) is 1. The van der Waals surface area contributed by atoms with E-state index < -0.39 is 0 Å². The molecule has 1 aliphatic rings. The summed E-state index contributed by atoms with van der Waals surface area (Å²) < 4.78 is 5.23. The zero-order chi connectivity index (χ0) is 15.5. The molecule has 6 heteroatoms. The molecule has 22 heavy (non-hydrogen) atoms. The smallest absolute Gasteiger partial charge is 0.261 e. The quantitative estimate of drug-likeness (QED) is 0.941. The summed E-state index contributed by atoms with van der Waals surface area (Å²) in [5.74, 6) is 0.932. The minimum atomic E-state index is 0.0409. The van der Waals surface area contributed by atoms with Crippen molar-refractivity contribution in [3.8, 4) is 0 Å². The molecule has 0 radical (unpaired) electrons. The van der Waals surface area contributed by atoms with Crippen molar-refractivity contribution >= 4 is 17.2 Å². The normalized spacial score (nSPS) is 19.3. The van der Waals surface area contributed by atoms with Crippen molar-refractivity contribution in [1.29, 1.82) is 0 Å². The lowest BCUT2D eigenvalue weighted by Gasteiger charge is -2.33. The lowest BCUT2D eigenvalue weighted by Crippen LogP contribution is -2.47. The van der Waals surface area contributed by atoms with Crippen LogP contribution in [-0.2, 0) is 6.54 Å². The second-order valence-corrected chi connectivity index (χ2v) is 6.78. The number of carbonyl (C=O) groups is 1. The van der Waals surface area contributed by atoms with Crippen molar-refractivity contribution in [2.75, 3.05) is 13.1 Å². The zero-order valence-corrected chi connectivity index (χ0v) is 13.8. The topological polar surface area (TPSA) is 58.4 Å². The Labute approximate surface area is 134 Å². The second kappa shape index (κ2) is 6.62. The van der Waals surface area contributed by atoms with Crippen LogP contribution in [0.4, 0.5) is 0 Å². The zero-order valence-electron chi connectivity index (χ0n) is 13.0. The fraction of sp³-hybridized carbons (Fsp3) is 0.500. The van der Waals surface area contributed by atoms with Crippen LogP contribution in [-0.4, -0.2) is 35.1 Å². The molecule has 2 aromatic heterocycles. The molecule has 1 amide bonds. The van der Waals surface area contributed by atoms with Crippen LogP contribution in [0.3, 0.4) is 0 Å². The first kappa shape index (κ1) is 15.2. The summed E-state index contributed by atoms with van der Waals surface area (Å²) in [6, 6.07) is 3.98. The van der Waals surface area contributed by atoms with Crippen molar-refractivity contribution in [2.24, 2.45) is 0 Å². The van der Waals surface area contributed by atoms with Gasteiger partial charge in [0.15, 0.2) is 0 Å². The van der Waals surface area contributed by atoms with E-state index in [0.29, 0.717) is 0 Å². The maximum Gasteiger partial charge on any atom is 0.261 e. The van der Waals surface area contributed by atoms with E-state index in [4.69, 9.17) is 4.52 Å². The van der Waals surface area contributed by atoms with Gasteiger partial charge in [-0.25, -0.2) is 0 Å². The molecule has 1 aliphatic heterocycles. The Morgan fingerprint density at radius 2 is 2.41 bits per heavy atom. The highest BCUT2D eigenvalue weighted by Crippen LogP contribution is 2.19. The summed E-state index contributed by atoms with van der Waals surface area (Å²) in [4.78, 5) is 15.3. The summed E-state index contributed by atoms with van der Waals surface area (Å²) in [7, 11) is 0. The van der Waals surface area contributed by atoms with E-state index in [-0.39, 0.29) is 11.9 Å². The Morgan fingerprint density at radius 1 is 1.55 bits per heavy atom. The van der Waals surface area contributed by atoms with Crippen LogP contribution in [0, 0.1) is 13.8 Å². The minimum absolute atomic E-state index is 0.0409. The van der Waals surface area contributed by atoms with Gasteiger partial charge in [0.1, 0.15) is 5.76 Å². The third-order valence-electron chi connectivity index (χ3n) is 4.15. The number of nitrogens with zero attached hydrogens (tertiary/aromatic N) is 2. The van der Waals surface area contributed by atoms with Crippen molar-refractivity contribution in [2.45, 2.75) is 39.3 Å². The van der Waals surface area contributed by atoms with Crippen LogP contribution >= 0.6 is 11.3 Å². The van der Waals surface area contributed by atoms with Gasteiger partial charge >= 0.3 is 0 Å². The molecule has 3 heterocycles. The summed E-state index contributed by atoms with van der Waals surface area (Å²) in [6.45, 7) is 6.70. The van der Waals surface area contributed by atoms with Gasteiger partial charge < -0.3 is 9.84 Å². The number of hydrogen-bond acceptors (Lipinski definition) is 5. The molecular formula is C16H21N3O2S. The van der Waals surface area contributed by atoms with Crippen molar-refractivity contribution in [1.82, 2.24) is 15.4 Å². The third kappa shape index (κ3) is 3.39. The number of rotatable bonds is 4. The maximum absolute atomic E-state index is 12.2. The van der Waals surface area contributed by atoms with Gasteiger partial charge in [0, 0.05) is 24.7 Å². The average Bonchev–Trinajstić information content (AvgIpc) is 3.13. The van der Waals surface area contributed by atoms with Crippen LogP contribution in [0.25, 0.3) is 0 Å². The standard InChI is InChI=1S/C16H21N3O2S/c1-11-14(12(2)21-18-11)10-19-7-3-5-13(9-19)17-16(20)15-6-4-8-22-15/h4,6,8,13H,3,5,7,9-10H2,1-2H3,(H,17,20). The Morgan fingerprint density at radius 3 is 3.09 bits per heavy atom. The molecular weight excluding hydrogens is 298 g/mol. The van der Waals surface area contributed by atoms with Gasteiger partial charge in [-0.05, 0) is 44.7 Å². The van der Waals surface area contributed by atoms with Crippen molar-refractivity contribution in [3.05, 3.63) is 39.4 Å². The van der Waals surface area contributed by atoms with Crippen molar-refractivity contribution < 1.29 is 9.32 Å². The molecule has 0 aromatic carbocycles. The molecule has 0 bridgehead atoms. The van der Waals surface area contributed by atoms with E-state index in [0.717, 1.165) is 48.8 Å². The lowest BCUT2D eigenvalue weighted by atomic mass is 10.0. The maximum atomic E-state index is 12.2. The van der Waals surface area contributed by atoms with E-state index in [1.807, 2.05) is 31.4 Å². The van der Waals surface area contributed by atoms with Gasteiger partial charge in [0.05, 0.1) is 10.6 Å². The number of piperidine rings is 1. The van der Waals surface area contributed by atoms with E-state index in [1.54, 1.807) is 0 Å². The van der Waals surface area contributed by atoms with Gasteiger partial charge in [-0.2, -0.15) is 0 Å². The van der Waals surface area contributed by atoms with E-state index in [2.05, 4.69) is 15.4 Å². The fourth-order valence-electron chi connectivity index (χ4n) is 2.93. The largest absolute Gasteiger partial charge is 0.361 e. The number of carbonyl (C=O) groups excluding carboxylic acids is 1. The SMILES string of the molecule is Cc1noc(C)c1CN1CCCC(NC(=O)c2cccs2)C1. The van der Waals surface area contributed by atoms with Crippen LogP contribution < -0.4 is 5.32 Å². The molecule has 3 rings (SSSR count). The first-order chi connectivity index (χ1) is 10.6. The van der Waals surface area contributed by atoms with E-state index in [1.165, 1.54) is 16.9 Å². The Bertz CT molecular complexity index is 616. The van der Waals surface area contributed by atoms with Gasteiger partial charge in [-0.3, -0.25) is 9.69 Å². The highest BCUT2D eigenvalue weighted by atomic mass is 32.1. The van der Waals surface area contributed by atoms with Crippen LogP contribution in [0.2, 0.25) is 0 Å². The number of hydrogen-bond donors (Lipinski definition) is 1. The minimum Gasteiger partial charge on any atom is -0.361 e. The number of aromatic nitrogens is 1. The molecule has 1 saturated heterocycles. The Kier molecular flexibility index (Phi) is 4.59. The summed E-state index contributed by atoms with van der Waals surface area (Å²) >= 11 is 1.48. The molecule has 0 aliphatic carbocycles. The Hall–Kier alpha value is -1.66. The lowest BCUT2D eigenvalue weighted by molar-refractivity contribution is 0.0904. The molecule has 2 aromatic rings. The number of amides is 1. The average molecular weight is 319 g/mol. The van der Waals surface area contributed by atoms with Crippen LogP contribution in [0.15, 0.2) is 22.0 Å². The number of likely N-dealkylation sites (tertiary alicyclic amines) is 1. The molecule has 5 nitrogen and oxygen atoms in total. The number of thiophene rings is 1. The van der Waals surface area contributed by atoms with Crippen LogP contribution in [0.5, 0.6) is 0 Å². The summed E-state index contributed by atoms with van der Waals surface area (Å²) in [5.41, 5.74) is 2.13. The second-order valence-electron chi connectivity index (χ2n) is 5.83. The monoisotopic (exact) mass is 319 g/mol. The molecule has 118 valence electrons. The molecule has 1 atom stereocenters. The highest BCUT2D eigenvalue weighted by Gasteiger charge is 2.23.